The molecule has 0 N–H and O–H groups in total. The molecule has 5 heteroatoms. The van der Waals surface area contributed by atoms with Crippen LogP contribution in [0.25, 0.3) is 0 Å². The lowest BCUT2D eigenvalue weighted by atomic mass is 10.1. The first-order chi connectivity index (χ1) is 7.17. The molecule has 0 aromatic heterocycles. The molecule has 0 aliphatic heterocycles. The van der Waals surface area contributed by atoms with Crippen LogP contribution in [0.4, 0.5) is 0 Å². The molecule has 1 rings (SSSR count). The third-order valence-electron chi connectivity index (χ3n) is 1.86. The molecule has 0 radical (unpaired) electrons. The van der Waals surface area contributed by atoms with Gasteiger partial charge in [-0.15, -0.1) is 4.52 Å². The summed E-state index contributed by atoms with van der Waals surface area (Å²) < 4.78 is 20.4. The first kappa shape index (κ1) is 11.8. The van der Waals surface area contributed by atoms with E-state index in [1.165, 1.54) is 14.2 Å². The number of hydrogen-bond acceptors (Lipinski definition) is 4. The average Bonchev–Trinajstić information content (AvgIpc) is 2.28. The number of carbonyl (C=O) groups is 1. The van der Waals surface area contributed by atoms with Crippen LogP contribution in [-0.2, 0) is 20.0 Å². The predicted octanol–water partition coefficient (Wildman–Crippen LogP) is 2.36. The zero-order valence-electron chi connectivity index (χ0n) is 8.60. The normalized spacial score (nSPS) is 10.9. The summed E-state index contributed by atoms with van der Waals surface area (Å²) >= 11 is 0. The molecule has 80 valence electrons. The van der Waals surface area contributed by atoms with E-state index >= 15 is 0 Å². The van der Waals surface area contributed by atoms with Gasteiger partial charge in [-0.1, -0.05) is 12.1 Å². The lowest BCUT2D eigenvalue weighted by Gasteiger charge is -1.99. The highest BCUT2D eigenvalue weighted by Gasteiger charge is 2.16. The molecule has 1 atom stereocenters. The second-order valence-electron chi connectivity index (χ2n) is 2.87. The minimum absolute atomic E-state index is 0.302. The molecule has 0 spiro atoms. The number of methoxy groups -OCH3 is 1. The molecule has 0 aliphatic carbocycles. The molecule has 0 heterocycles. The Kier molecular flexibility index (Phi) is 4.40. The van der Waals surface area contributed by atoms with E-state index in [2.05, 4.69) is 9.26 Å². The van der Waals surface area contributed by atoms with Gasteiger partial charge in [-0.25, -0.2) is 4.79 Å². The van der Waals surface area contributed by atoms with E-state index in [1.807, 2.05) is 0 Å². The Morgan fingerprint density at radius 2 is 2.13 bits per heavy atom. The van der Waals surface area contributed by atoms with Gasteiger partial charge in [-0.2, -0.15) is 0 Å². The summed E-state index contributed by atoms with van der Waals surface area (Å²) in [6, 6.07) is 6.81. The van der Waals surface area contributed by atoms with Crippen molar-refractivity contribution in [2.24, 2.45) is 0 Å². The summed E-state index contributed by atoms with van der Waals surface area (Å²) in [4.78, 5) is 11.2. The first-order valence-corrected chi connectivity index (χ1v) is 5.69. The molecule has 0 saturated heterocycles. The number of ether oxygens (including phenoxy) is 1. The van der Waals surface area contributed by atoms with Gasteiger partial charge in [0.25, 0.3) is 0 Å². The minimum Gasteiger partial charge on any atom is -0.465 e. The van der Waals surface area contributed by atoms with E-state index in [4.69, 9.17) is 0 Å². The van der Waals surface area contributed by atoms with Gasteiger partial charge < -0.3 is 4.74 Å². The summed E-state index contributed by atoms with van der Waals surface area (Å²) in [6.07, 6.45) is 0.302. The van der Waals surface area contributed by atoms with Crippen molar-refractivity contribution in [2.75, 3.05) is 14.2 Å². The topological polar surface area (TPSA) is 52.6 Å². The first-order valence-electron chi connectivity index (χ1n) is 4.33. The van der Waals surface area contributed by atoms with E-state index in [1.54, 1.807) is 24.3 Å². The summed E-state index contributed by atoms with van der Waals surface area (Å²) in [5, 5.41) is 0. The van der Waals surface area contributed by atoms with E-state index in [0.29, 0.717) is 11.7 Å². The summed E-state index contributed by atoms with van der Waals surface area (Å²) in [5.74, 6) is -0.399. The van der Waals surface area contributed by atoms with E-state index in [0.717, 1.165) is 5.56 Å². The molecule has 1 unspecified atom stereocenters. The molecule has 0 saturated carbocycles. The highest BCUT2D eigenvalue weighted by molar-refractivity contribution is 7.38. The third-order valence-corrected chi connectivity index (χ3v) is 2.89. The molecule has 0 fully saturated rings. The van der Waals surface area contributed by atoms with Crippen molar-refractivity contribution in [1.29, 1.82) is 0 Å². The highest BCUT2D eigenvalue weighted by Crippen LogP contribution is 2.26. The fourth-order valence-corrected chi connectivity index (χ4v) is 1.75. The maximum absolute atomic E-state index is 11.2. The zero-order chi connectivity index (χ0) is 11.3. The van der Waals surface area contributed by atoms with Gasteiger partial charge >= 0.3 is 14.0 Å². The standard InChI is InChI=1S/C10H12O4P/c1-13-10(11)9-5-3-4-8(6-9)7-15(12)14-2/h3-6H,7H2,1-2H3/q+1. The summed E-state index contributed by atoms with van der Waals surface area (Å²) in [5.41, 5.74) is 1.25. The van der Waals surface area contributed by atoms with Gasteiger partial charge in [0, 0.05) is 5.56 Å². The molecular formula is C10H12O4P+. The van der Waals surface area contributed by atoms with E-state index in [-0.39, 0.29) is 0 Å². The van der Waals surface area contributed by atoms with Crippen molar-refractivity contribution in [3.05, 3.63) is 35.4 Å². The van der Waals surface area contributed by atoms with Gasteiger partial charge in [-0.05, 0) is 16.7 Å². The molecule has 0 bridgehead atoms. The van der Waals surface area contributed by atoms with Crippen molar-refractivity contribution in [3.8, 4) is 0 Å². The average molecular weight is 227 g/mol. The van der Waals surface area contributed by atoms with Gasteiger partial charge in [-0.3, -0.25) is 0 Å². The van der Waals surface area contributed by atoms with Crippen LogP contribution in [0.1, 0.15) is 15.9 Å². The maximum atomic E-state index is 11.2. The molecule has 0 aliphatic rings. The quantitative estimate of drug-likeness (QED) is 0.585. The van der Waals surface area contributed by atoms with Gasteiger partial charge in [0.1, 0.15) is 0 Å². The van der Waals surface area contributed by atoms with Crippen LogP contribution in [0.3, 0.4) is 0 Å². The molecule has 4 nitrogen and oxygen atoms in total. The largest absolute Gasteiger partial charge is 0.512 e. The van der Waals surface area contributed by atoms with Crippen LogP contribution >= 0.6 is 8.03 Å². The summed E-state index contributed by atoms with van der Waals surface area (Å²) in [6.45, 7) is 0. The van der Waals surface area contributed by atoms with Crippen molar-refractivity contribution < 1.29 is 18.6 Å². The lowest BCUT2D eigenvalue weighted by Crippen LogP contribution is -2.01. The number of benzene rings is 1. The Morgan fingerprint density at radius 1 is 1.40 bits per heavy atom. The fraction of sp³-hybridized carbons (Fsp3) is 0.300. The predicted molar refractivity (Wildman–Crippen MR) is 56.1 cm³/mol. The van der Waals surface area contributed by atoms with Gasteiger partial charge in [0.15, 0.2) is 0 Å². The van der Waals surface area contributed by atoms with E-state index < -0.39 is 14.0 Å². The SMILES string of the molecule is COC(=O)c1cccc(C[P+](=O)OC)c1. The van der Waals surface area contributed by atoms with Gasteiger partial charge in [0.2, 0.25) is 6.16 Å². The molecule has 15 heavy (non-hydrogen) atoms. The smallest absolute Gasteiger partial charge is 0.465 e. The van der Waals surface area contributed by atoms with Gasteiger partial charge in [0.05, 0.1) is 19.8 Å². The Morgan fingerprint density at radius 3 is 2.73 bits per heavy atom. The van der Waals surface area contributed by atoms with E-state index in [9.17, 15) is 9.36 Å². The van der Waals surface area contributed by atoms with Crippen LogP contribution in [0.15, 0.2) is 24.3 Å². The van der Waals surface area contributed by atoms with Crippen LogP contribution in [0.2, 0.25) is 0 Å². The highest BCUT2D eigenvalue weighted by atomic mass is 31.1. The zero-order valence-corrected chi connectivity index (χ0v) is 9.49. The number of hydrogen-bond donors (Lipinski definition) is 0. The Hall–Kier alpha value is -1.25. The van der Waals surface area contributed by atoms with Crippen molar-refractivity contribution in [3.63, 3.8) is 0 Å². The van der Waals surface area contributed by atoms with Crippen molar-refractivity contribution >= 4 is 14.0 Å². The monoisotopic (exact) mass is 227 g/mol. The third kappa shape index (κ3) is 3.42. The van der Waals surface area contributed by atoms with Crippen LogP contribution in [0.5, 0.6) is 0 Å². The second-order valence-corrected chi connectivity index (χ2v) is 4.21. The Labute approximate surface area is 89.1 Å². The number of esters is 1. The number of rotatable bonds is 4. The molecular weight excluding hydrogens is 215 g/mol. The second kappa shape index (κ2) is 5.59. The molecule has 1 aromatic rings. The van der Waals surface area contributed by atoms with Crippen LogP contribution in [-0.4, -0.2) is 20.2 Å². The van der Waals surface area contributed by atoms with Crippen molar-refractivity contribution in [2.45, 2.75) is 6.16 Å². The Balaban J connectivity index is 2.83. The maximum Gasteiger partial charge on any atom is 0.512 e. The molecule has 0 amide bonds. The lowest BCUT2D eigenvalue weighted by molar-refractivity contribution is 0.0600. The van der Waals surface area contributed by atoms with Crippen LogP contribution < -0.4 is 0 Å². The Bertz CT molecular complexity index is 375. The molecule has 1 aromatic carbocycles. The van der Waals surface area contributed by atoms with Crippen LogP contribution in [0, 0.1) is 0 Å². The minimum atomic E-state index is -1.69. The fourth-order valence-electron chi connectivity index (χ4n) is 1.13. The summed E-state index contributed by atoms with van der Waals surface area (Å²) in [7, 11) is 1.02. The van der Waals surface area contributed by atoms with Crippen molar-refractivity contribution in [1.82, 2.24) is 0 Å². The number of carbonyl (C=O) groups excluding carboxylic acids is 1.